The Labute approximate surface area is 102 Å². The Morgan fingerprint density at radius 1 is 1.29 bits per heavy atom. The molecule has 1 saturated heterocycles. The summed E-state index contributed by atoms with van der Waals surface area (Å²) in [5.74, 6) is 0.406. The summed E-state index contributed by atoms with van der Waals surface area (Å²) >= 11 is 0. The van der Waals surface area contributed by atoms with E-state index in [0.717, 1.165) is 24.7 Å². The molecule has 3 aliphatic rings. The first-order chi connectivity index (χ1) is 8.35. The van der Waals surface area contributed by atoms with Crippen LogP contribution in [0.15, 0.2) is 11.6 Å². The molecule has 17 heavy (non-hydrogen) atoms. The summed E-state index contributed by atoms with van der Waals surface area (Å²) in [6, 6.07) is 0. The quantitative estimate of drug-likeness (QED) is 0.706. The number of fused-ring (bicyclic) bond motifs is 1. The number of carbonyl (C=O) groups is 1. The number of carbonyl (C=O) groups excluding carboxylic acids is 1. The van der Waals surface area contributed by atoms with Gasteiger partial charge < -0.3 is 9.47 Å². The predicted octanol–water partition coefficient (Wildman–Crippen LogP) is 2.60. The highest BCUT2D eigenvalue weighted by Crippen LogP contribution is 2.38. The minimum Gasteiger partial charge on any atom is -0.349 e. The average Bonchev–Trinajstić information content (AvgIpc) is 2.87. The average molecular weight is 236 g/mol. The van der Waals surface area contributed by atoms with Crippen molar-refractivity contribution < 1.29 is 14.3 Å². The first-order valence-corrected chi connectivity index (χ1v) is 6.82. The fraction of sp³-hybridized carbons (Fsp3) is 0.786. The summed E-state index contributed by atoms with van der Waals surface area (Å²) < 4.78 is 11.9. The van der Waals surface area contributed by atoms with E-state index in [-0.39, 0.29) is 12.4 Å². The second kappa shape index (κ2) is 4.91. The van der Waals surface area contributed by atoms with Crippen LogP contribution in [-0.4, -0.2) is 24.8 Å². The van der Waals surface area contributed by atoms with Gasteiger partial charge in [0.1, 0.15) is 6.29 Å². The van der Waals surface area contributed by atoms with E-state index in [4.69, 9.17) is 9.47 Å². The molecule has 0 bridgehead atoms. The fourth-order valence-corrected chi connectivity index (χ4v) is 3.27. The summed E-state index contributed by atoms with van der Waals surface area (Å²) in [6.07, 6.45) is 11.6. The summed E-state index contributed by atoms with van der Waals surface area (Å²) in [5.41, 5.74) is 0.899. The van der Waals surface area contributed by atoms with Gasteiger partial charge in [-0.3, -0.25) is 4.79 Å². The topological polar surface area (TPSA) is 35.5 Å². The summed E-state index contributed by atoms with van der Waals surface area (Å²) in [7, 11) is 0. The van der Waals surface area contributed by atoms with Crippen molar-refractivity contribution in [2.24, 2.45) is 5.92 Å². The first kappa shape index (κ1) is 11.4. The van der Waals surface area contributed by atoms with Crippen LogP contribution in [0.4, 0.5) is 0 Å². The van der Waals surface area contributed by atoms with E-state index in [1.807, 2.05) is 0 Å². The van der Waals surface area contributed by atoms with Crippen LogP contribution in [0.1, 0.15) is 44.9 Å². The third-order valence-electron chi connectivity index (χ3n) is 4.18. The van der Waals surface area contributed by atoms with E-state index in [0.29, 0.717) is 12.0 Å². The Kier molecular flexibility index (Phi) is 3.30. The second-order valence-corrected chi connectivity index (χ2v) is 5.46. The van der Waals surface area contributed by atoms with Crippen molar-refractivity contribution in [2.75, 3.05) is 0 Å². The molecule has 0 N–H and O–H groups in total. The van der Waals surface area contributed by atoms with Crippen molar-refractivity contribution in [1.29, 1.82) is 0 Å². The summed E-state index contributed by atoms with van der Waals surface area (Å²) in [5, 5.41) is 0. The molecule has 0 aromatic rings. The number of hydrogen-bond acceptors (Lipinski definition) is 3. The van der Waals surface area contributed by atoms with Gasteiger partial charge in [0, 0.05) is 18.8 Å². The zero-order valence-electron chi connectivity index (χ0n) is 10.1. The molecule has 2 fully saturated rings. The van der Waals surface area contributed by atoms with E-state index in [1.54, 1.807) is 0 Å². The highest BCUT2D eigenvalue weighted by molar-refractivity contribution is 5.74. The maximum absolute atomic E-state index is 10.7. The van der Waals surface area contributed by atoms with Crippen LogP contribution < -0.4 is 0 Å². The van der Waals surface area contributed by atoms with Crippen LogP contribution >= 0.6 is 0 Å². The number of hydrogen-bond donors (Lipinski definition) is 0. The third kappa shape index (κ3) is 2.45. The molecule has 1 saturated carbocycles. The van der Waals surface area contributed by atoms with Crippen LogP contribution in [0, 0.1) is 5.92 Å². The van der Waals surface area contributed by atoms with E-state index >= 15 is 0 Å². The second-order valence-electron chi connectivity index (χ2n) is 5.46. The van der Waals surface area contributed by atoms with Crippen molar-refractivity contribution in [3.05, 3.63) is 11.6 Å². The maximum atomic E-state index is 10.7. The van der Waals surface area contributed by atoms with Gasteiger partial charge >= 0.3 is 0 Å². The molecular weight excluding hydrogens is 216 g/mol. The molecule has 0 amide bonds. The van der Waals surface area contributed by atoms with Gasteiger partial charge in [-0.05, 0) is 18.4 Å². The lowest BCUT2D eigenvalue weighted by atomic mass is 9.97. The lowest BCUT2D eigenvalue weighted by molar-refractivity contribution is -0.167. The van der Waals surface area contributed by atoms with Gasteiger partial charge in [-0.2, -0.15) is 0 Å². The molecule has 0 radical (unpaired) electrons. The Bertz CT molecular complexity index is 317. The standard InChI is InChI=1S/C14H20O3/c15-9-10-6-11-8-14(17-13(11)7-10)16-12-4-2-1-3-5-12/h6,9,11-14H,1-5,7-8H2. The Hall–Kier alpha value is -0.670. The predicted molar refractivity (Wildman–Crippen MR) is 63.5 cm³/mol. The smallest absolute Gasteiger partial charge is 0.159 e. The van der Waals surface area contributed by atoms with Crippen LogP contribution in [-0.2, 0) is 14.3 Å². The molecule has 1 aliphatic heterocycles. The van der Waals surface area contributed by atoms with Gasteiger partial charge in [0.25, 0.3) is 0 Å². The first-order valence-electron chi connectivity index (χ1n) is 6.82. The monoisotopic (exact) mass is 236 g/mol. The Morgan fingerprint density at radius 2 is 2.12 bits per heavy atom. The maximum Gasteiger partial charge on any atom is 0.159 e. The van der Waals surface area contributed by atoms with Gasteiger partial charge in [0.15, 0.2) is 6.29 Å². The minimum absolute atomic E-state index is 0.0300. The summed E-state index contributed by atoms with van der Waals surface area (Å²) in [4.78, 5) is 10.7. The minimum atomic E-state index is -0.0300. The molecule has 3 unspecified atom stereocenters. The number of aldehydes is 1. The van der Waals surface area contributed by atoms with E-state index in [2.05, 4.69) is 6.08 Å². The van der Waals surface area contributed by atoms with Crippen molar-refractivity contribution in [2.45, 2.75) is 63.4 Å². The molecule has 0 spiro atoms. The summed E-state index contributed by atoms with van der Waals surface area (Å²) in [6.45, 7) is 0. The van der Waals surface area contributed by atoms with Gasteiger partial charge in [-0.15, -0.1) is 0 Å². The van der Waals surface area contributed by atoms with Gasteiger partial charge in [0.05, 0.1) is 12.2 Å². The Morgan fingerprint density at radius 3 is 2.82 bits per heavy atom. The molecule has 3 heteroatoms. The van der Waals surface area contributed by atoms with E-state index in [1.165, 1.54) is 32.1 Å². The van der Waals surface area contributed by atoms with Crippen LogP contribution in [0.25, 0.3) is 0 Å². The SMILES string of the molecule is O=CC1=CC2CC(OC3CCCCC3)OC2C1. The van der Waals surface area contributed by atoms with Crippen LogP contribution in [0.5, 0.6) is 0 Å². The largest absolute Gasteiger partial charge is 0.349 e. The zero-order chi connectivity index (χ0) is 11.7. The molecule has 3 atom stereocenters. The third-order valence-corrected chi connectivity index (χ3v) is 4.18. The van der Waals surface area contributed by atoms with E-state index in [9.17, 15) is 4.79 Å². The van der Waals surface area contributed by atoms with Crippen LogP contribution in [0.2, 0.25) is 0 Å². The highest BCUT2D eigenvalue weighted by Gasteiger charge is 2.39. The lowest BCUT2D eigenvalue weighted by Crippen LogP contribution is -2.24. The molecule has 3 rings (SSSR count). The van der Waals surface area contributed by atoms with Crippen LogP contribution in [0.3, 0.4) is 0 Å². The fourth-order valence-electron chi connectivity index (χ4n) is 3.27. The molecule has 3 nitrogen and oxygen atoms in total. The Balaban J connectivity index is 1.51. The molecule has 2 aliphatic carbocycles. The lowest BCUT2D eigenvalue weighted by Gasteiger charge is -2.25. The van der Waals surface area contributed by atoms with Crippen molar-refractivity contribution in [1.82, 2.24) is 0 Å². The van der Waals surface area contributed by atoms with Crippen molar-refractivity contribution in [3.63, 3.8) is 0 Å². The zero-order valence-corrected chi connectivity index (χ0v) is 10.1. The van der Waals surface area contributed by atoms with Gasteiger partial charge in [0.2, 0.25) is 0 Å². The number of ether oxygens (including phenoxy) is 2. The number of rotatable bonds is 3. The molecule has 0 aromatic heterocycles. The normalized spacial score (nSPS) is 37.9. The molecule has 94 valence electrons. The highest BCUT2D eigenvalue weighted by atomic mass is 16.7. The van der Waals surface area contributed by atoms with Crippen molar-refractivity contribution in [3.8, 4) is 0 Å². The van der Waals surface area contributed by atoms with Gasteiger partial charge in [-0.1, -0.05) is 25.3 Å². The molecule has 1 heterocycles. The van der Waals surface area contributed by atoms with E-state index < -0.39 is 0 Å². The van der Waals surface area contributed by atoms with Gasteiger partial charge in [-0.25, -0.2) is 0 Å². The molecular formula is C14H20O3. The van der Waals surface area contributed by atoms with Crippen molar-refractivity contribution >= 4 is 6.29 Å². The molecule has 0 aromatic carbocycles.